The first kappa shape index (κ1) is 42.0. The number of ketones is 1. The fourth-order valence-corrected chi connectivity index (χ4v) is 6.96. The predicted molar refractivity (Wildman–Crippen MR) is 202 cm³/mol. The summed E-state index contributed by atoms with van der Waals surface area (Å²) in [5.41, 5.74) is -0.912. The third kappa shape index (κ3) is 11.3. The molecule has 0 aliphatic carbocycles. The third-order valence-corrected chi connectivity index (χ3v) is 11.7. The van der Waals surface area contributed by atoms with Crippen molar-refractivity contribution in [2.24, 2.45) is 5.41 Å². The van der Waals surface area contributed by atoms with Crippen LogP contribution in [-0.4, -0.2) is 59.4 Å². The van der Waals surface area contributed by atoms with Gasteiger partial charge < -0.3 is 20.1 Å². The number of benzene rings is 3. The van der Waals surface area contributed by atoms with Crippen LogP contribution in [0.3, 0.4) is 0 Å². The highest BCUT2D eigenvalue weighted by Gasteiger charge is 2.38. The Balaban J connectivity index is 1.94. The Kier molecular flexibility index (Phi) is 14.8. The smallest absolute Gasteiger partial charge is 0.273 e. The van der Waals surface area contributed by atoms with Crippen LogP contribution in [-0.2, 0) is 29.4 Å². The number of unbranched alkanes of at least 4 members (excludes halogenated alkanes) is 5. The van der Waals surface area contributed by atoms with Crippen molar-refractivity contribution in [3.8, 4) is 11.5 Å². The van der Waals surface area contributed by atoms with Gasteiger partial charge in [0.25, 0.3) is 11.8 Å². The Morgan fingerprint density at radius 2 is 1.42 bits per heavy atom. The number of methoxy groups -OCH3 is 1. The SMILES string of the molecule is CCCCCCCCNC(=O)c1ccc(NC(=O)C(Oc2ccc(S(=O)(=O)c3ccccc3)cc2NS(=O)(=O)C(C)C)C(=O)C(C)(C)C)c(OC)c1. The van der Waals surface area contributed by atoms with E-state index in [9.17, 15) is 31.2 Å². The van der Waals surface area contributed by atoms with Gasteiger partial charge in [-0.05, 0) is 68.8 Å². The maximum atomic E-state index is 13.9. The minimum atomic E-state index is -4.09. The van der Waals surface area contributed by atoms with Gasteiger partial charge in [-0.25, -0.2) is 16.8 Å². The Bertz CT molecular complexity index is 1920. The van der Waals surface area contributed by atoms with Gasteiger partial charge in [-0.1, -0.05) is 78.0 Å². The number of nitrogens with one attached hydrogen (secondary N) is 3. The molecular formula is C38H51N3O9S2. The Morgan fingerprint density at radius 1 is 0.769 bits per heavy atom. The van der Waals surface area contributed by atoms with E-state index in [2.05, 4.69) is 22.3 Å². The number of carbonyl (C=O) groups excluding carboxylic acids is 3. The number of hydrogen-bond acceptors (Lipinski definition) is 9. The number of anilines is 2. The van der Waals surface area contributed by atoms with Gasteiger partial charge in [-0.2, -0.15) is 0 Å². The zero-order valence-electron chi connectivity index (χ0n) is 30.9. The monoisotopic (exact) mass is 757 g/mol. The molecule has 3 rings (SSSR count). The lowest BCUT2D eigenvalue weighted by Gasteiger charge is -2.26. The van der Waals surface area contributed by atoms with Crippen molar-refractivity contribution in [2.45, 2.75) is 101 Å². The number of Topliss-reactive ketones (excluding diaryl/α,β-unsaturated/α-hetero) is 1. The fraction of sp³-hybridized carbons (Fsp3) is 0.447. The lowest BCUT2D eigenvalue weighted by molar-refractivity contribution is -0.140. The first-order valence-electron chi connectivity index (χ1n) is 17.4. The maximum absolute atomic E-state index is 13.9. The van der Waals surface area contributed by atoms with Crippen LogP contribution in [0.2, 0.25) is 0 Å². The lowest BCUT2D eigenvalue weighted by Crippen LogP contribution is -2.45. The summed E-state index contributed by atoms with van der Waals surface area (Å²) in [6, 6.07) is 15.5. The van der Waals surface area contributed by atoms with Crippen LogP contribution in [0, 0.1) is 5.41 Å². The predicted octanol–water partition coefficient (Wildman–Crippen LogP) is 6.77. The van der Waals surface area contributed by atoms with Crippen LogP contribution in [0.25, 0.3) is 0 Å². The standard InChI is InChI=1S/C38H51N3O9S2/c1-8-9-10-11-12-16-23-39-36(43)27-19-21-30(33(24-27)49-7)40-37(44)34(35(42)38(4,5)6)50-32-22-20-29(25-31(32)41-52(47,48)26(2)3)51(45,46)28-17-14-13-15-18-28/h13-15,17-22,24-26,34,41H,8-12,16,23H2,1-7H3,(H,39,43)(H,40,44). The normalized spacial score (nSPS) is 12.5. The number of amides is 2. The number of sulfone groups is 1. The van der Waals surface area contributed by atoms with Crippen molar-refractivity contribution in [3.63, 3.8) is 0 Å². The Labute approximate surface area is 308 Å². The van der Waals surface area contributed by atoms with E-state index in [0.717, 1.165) is 31.7 Å². The molecule has 0 bridgehead atoms. The van der Waals surface area contributed by atoms with Crippen molar-refractivity contribution in [3.05, 3.63) is 72.3 Å². The molecule has 52 heavy (non-hydrogen) atoms. The highest BCUT2D eigenvalue weighted by Crippen LogP contribution is 2.34. The molecule has 3 N–H and O–H groups in total. The number of carbonyl (C=O) groups is 3. The van der Waals surface area contributed by atoms with Gasteiger partial charge in [0.05, 0.1) is 33.5 Å². The molecule has 12 nitrogen and oxygen atoms in total. The van der Waals surface area contributed by atoms with Crippen molar-refractivity contribution < 1.29 is 40.7 Å². The number of ether oxygens (including phenoxy) is 2. The van der Waals surface area contributed by atoms with Crippen molar-refractivity contribution in [1.29, 1.82) is 0 Å². The molecule has 0 aliphatic rings. The second-order valence-electron chi connectivity index (χ2n) is 13.7. The highest BCUT2D eigenvalue weighted by atomic mass is 32.2. The molecule has 0 spiro atoms. The molecule has 2 amide bonds. The Hall–Kier alpha value is -4.43. The van der Waals surface area contributed by atoms with Gasteiger partial charge in [-0.3, -0.25) is 19.1 Å². The summed E-state index contributed by atoms with van der Waals surface area (Å²) in [6.45, 7) is 10.3. The van der Waals surface area contributed by atoms with Crippen LogP contribution in [0.4, 0.5) is 11.4 Å². The zero-order valence-corrected chi connectivity index (χ0v) is 32.6. The topological polar surface area (TPSA) is 174 Å². The number of hydrogen-bond donors (Lipinski definition) is 3. The number of sulfonamides is 1. The van der Waals surface area contributed by atoms with E-state index < -0.39 is 48.3 Å². The van der Waals surface area contributed by atoms with E-state index in [-0.39, 0.29) is 38.6 Å². The molecule has 0 saturated carbocycles. The number of rotatable bonds is 19. The molecule has 0 aliphatic heterocycles. The van der Waals surface area contributed by atoms with E-state index in [4.69, 9.17) is 9.47 Å². The lowest BCUT2D eigenvalue weighted by atomic mass is 9.87. The van der Waals surface area contributed by atoms with E-state index in [1.54, 1.807) is 39.0 Å². The quantitative estimate of drug-likeness (QED) is 0.0881. The van der Waals surface area contributed by atoms with Gasteiger partial charge >= 0.3 is 0 Å². The minimum absolute atomic E-state index is 0.0169. The highest BCUT2D eigenvalue weighted by molar-refractivity contribution is 7.93. The van der Waals surface area contributed by atoms with Crippen molar-refractivity contribution in [1.82, 2.24) is 5.32 Å². The van der Waals surface area contributed by atoms with Crippen LogP contribution < -0.4 is 24.8 Å². The molecule has 0 fully saturated rings. The van der Waals surface area contributed by atoms with Crippen LogP contribution in [0.1, 0.15) is 90.4 Å². The van der Waals surface area contributed by atoms with E-state index in [1.807, 2.05) is 0 Å². The Morgan fingerprint density at radius 3 is 2.04 bits per heavy atom. The van der Waals surface area contributed by atoms with Crippen LogP contribution in [0.5, 0.6) is 11.5 Å². The second kappa shape index (κ2) is 18.4. The average Bonchev–Trinajstić information content (AvgIpc) is 3.10. The molecule has 1 unspecified atom stereocenters. The molecule has 0 saturated heterocycles. The molecule has 0 radical (unpaired) electrons. The summed E-state index contributed by atoms with van der Waals surface area (Å²) >= 11 is 0. The molecule has 14 heteroatoms. The second-order valence-corrected chi connectivity index (χ2v) is 17.9. The summed E-state index contributed by atoms with van der Waals surface area (Å²) < 4.78 is 66.7. The molecule has 1 atom stereocenters. The maximum Gasteiger partial charge on any atom is 0.273 e. The molecule has 0 heterocycles. The van der Waals surface area contributed by atoms with Gasteiger partial charge in [-0.15, -0.1) is 0 Å². The molecule has 284 valence electrons. The minimum Gasteiger partial charge on any atom is -0.495 e. The van der Waals surface area contributed by atoms with E-state index in [1.165, 1.54) is 76.3 Å². The van der Waals surface area contributed by atoms with Crippen LogP contribution >= 0.6 is 0 Å². The first-order valence-corrected chi connectivity index (χ1v) is 20.4. The molecule has 3 aromatic carbocycles. The summed E-state index contributed by atoms with van der Waals surface area (Å²) in [4.78, 5) is 40.1. The average molecular weight is 758 g/mol. The molecule has 3 aromatic rings. The van der Waals surface area contributed by atoms with Gasteiger partial charge in [0, 0.05) is 17.5 Å². The summed E-state index contributed by atoms with van der Waals surface area (Å²) in [5.74, 6) is -1.95. The van der Waals surface area contributed by atoms with Gasteiger partial charge in [0.1, 0.15) is 11.5 Å². The summed E-state index contributed by atoms with van der Waals surface area (Å²) in [6.07, 6.45) is 4.71. The van der Waals surface area contributed by atoms with Crippen molar-refractivity contribution >= 4 is 48.8 Å². The fourth-order valence-electron chi connectivity index (χ4n) is 4.96. The largest absolute Gasteiger partial charge is 0.495 e. The summed E-state index contributed by atoms with van der Waals surface area (Å²) in [5, 5.41) is 4.62. The molecular weight excluding hydrogens is 707 g/mol. The van der Waals surface area contributed by atoms with Crippen molar-refractivity contribution in [2.75, 3.05) is 23.7 Å². The third-order valence-electron chi connectivity index (χ3n) is 8.19. The molecule has 0 aromatic heterocycles. The summed E-state index contributed by atoms with van der Waals surface area (Å²) in [7, 11) is -6.76. The van der Waals surface area contributed by atoms with E-state index in [0.29, 0.717) is 12.1 Å². The van der Waals surface area contributed by atoms with Gasteiger partial charge in [0.15, 0.2) is 5.78 Å². The van der Waals surface area contributed by atoms with Gasteiger partial charge in [0.2, 0.25) is 26.0 Å². The van der Waals surface area contributed by atoms with Crippen LogP contribution in [0.15, 0.2) is 76.5 Å². The zero-order chi connectivity index (χ0) is 38.7. The first-order chi connectivity index (χ1) is 24.4. The van der Waals surface area contributed by atoms with E-state index >= 15 is 0 Å².